The molecule has 0 atom stereocenters. The number of carbonyl (C=O) groups excluding carboxylic acids is 2. The number of H-pyrrole nitrogens is 1. The standard InChI is InChI=1S/C21H18N2O2/c1-3-23-19-8-6-14(13(2)24)11-16(19)17-12-15(7-9-20(17)23)21(25)18-5-4-10-22-18/h4-12,22H,3H2,1-2H3. The number of benzene rings is 2. The van der Waals surface area contributed by atoms with Gasteiger partial charge in [0.2, 0.25) is 5.78 Å². The predicted octanol–water partition coefficient (Wildman–Crippen LogP) is 4.58. The number of nitrogens with zero attached hydrogens (tertiary/aromatic N) is 1. The molecule has 0 spiro atoms. The number of hydrogen-bond donors (Lipinski definition) is 1. The fourth-order valence-corrected chi connectivity index (χ4v) is 3.43. The lowest BCUT2D eigenvalue weighted by Crippen LogP contribution is -2.01. The number of aryl methyl sites for hydroxylation is 1. The van der Waals surface area contributed by atoms with Crippen molar-refractivity contribution >= 4 is 33.4 Å². The average molecular weight is 330 g/mol. The van der Waals surface area contributed by atoms with E-state index in [1.54, 1.807) is 19.2 Å². The normalized spacial score (nSPS) is 11.3. The molecule has 2 aromatic carbocycles. The summed E-state index contributed by atoms with van der Waals surface area (Å²) in [4.78, 5) is 27.4. The highest BCUT2D eigenvalue weighted by Crippen LogP contribution is 2.31. The maximum absolute atomic E-state index is 12.6. The highest BCUT2D eigenvalue weighted by Gasteiger charge is 2.15. The predicted molar refractivity (Wildman–Crippen MR) is 99.3 cm³/mol. The first kappa shape index (κ1) is 15.4. The van der Waals surface area contributed by atoms with Gasteiger partial charge in [-0.15, -0.1) is 0 Å². The van der Waals surface area contributed by atoms with Crippen molar-refractivity contribution in [1.82, 2.24) is 9.55 Å². The highest BCUT2D eigenvalue weighted by molar-refractivity contribution is 6.15. The summed E-state index contributed by atoms with van der Waals surface area (Å²) in [7, 11) is 0. The second kappa shape index (κ2) is 5.74. The summed E-state index contributed by atoms with van der Waals surface area (Å²) >= 11 is 0. The van der Waals surface area contributed by atoms with E-state index in [9.17, 15) is 9.59 Å². The van der Waals surface area contributed by atoms with Gasteiger partial charge in [0.05, 0.1) is 5.69 Å². The Hall–Kier alpha value is -3.14. The maximum Gasteiger partial charge on any atom is 0.209 e. The van der Waals surface area contributed by atoms with Crippen LogP contribution in [0.4, 0.5) is 0 Å². The third-order valence-electron chi connectivity index (χ3n) is 4.69. The Morgan fingerprint density at radius 2 is 1.60 bits per heavy atom. The first-order valence-electron chi connectivity index (χ1n) is 8.35. The molecule has 2 aromatic heterocycles. The minimum absolute atomic E-state index is 0.0352. The van der Waals surface area contributed by atoms with Crippen molar-refractivity contribution in [3.05, 3.63) is 71.5 Å². The molecule has 0 aliphatic heterocycles. The molecule has 0 radical (unpaired) electrons. The van der Waals surface area contributed by atoms with Gasteiger partial charge in [0.1, 0.15) is 0 Å². The number of aromatic amines is 1. The quantitative estimate of drug-likeness (QED) is 0.557. The number of fused-ring (bicyclic) bond motifs is 3. The number of rotatable bonds is 4. The second-order valence-electron chi connectivity index (χ2n) is 6.18. The van der Waals surface area contributed by atoms with Crippen LogP contribution >= 0.6 is 0 Å². The fourth-order valence-electron chi connectivity index (χ4n) is 3.43. The minimum atomic E-state index is -0.0352. The molecule has 0 bridgehead atoms. The summed E-state index contributed by atoms with van der Waals surface area (Å²) in [6, 6.07) is 15.1. The SMILES string of the molecule is CCn1c2ccc(C(C)=O)cc2c2cc(C(=O)c3ccc[nH]3)ccc21. The molecule has 2 heterocycles. The van der Waals surface area contributed by atoms with Gasteiger partial charge < -0.3 is 9.55 Å². The van der Waals surface area contributed by atoms with Crippen molar-refractivity contribution in [2.75, 3.05) is 0 Å². The van der Waals surface area contributed by atoms with E-state index in [2.05, 4.69) is 16.5 Å². The van der Waals surface area contributed by atoms with E-state index < -0.39 is 0 Å². The Balaban J connectivity index is 1.99. The molecule has 0 aliphatic rings. The second-order valence-corrected chi connectivity index (χ2v) is 6.18. The largest absolute Gasteiger partial charge is 0.359 e. The molecule has 124 valence electrons. The van der Waals surface area contributed by atoms with Crippen LogP contribution < -0.4 is 0 Å². The van der Waals surface area contributed by atoms with Gasteiger partial charge in [0.25, 0.3) is 0 Å². The van der Waals surface area contributed by atoms with Crippen molar-refractivity contribution in [3.8, 4) is 0 Å². The smallest absolute Gasteiger partial charge is 0.209 e. The number of nitrogens with one attached hydrogen (secondary N) is 1. The zero-order valence-corrected chi connectivity index (χ0v) is 14.2. The van der Waals surface area contributed by atoms with Gasteiger partial charge in [-0.1, -0.05) is 0 Å². The molecule has 0 amide bonds. The molecular weight excluding hydrogens is 312 g/mol. The van der Waals surface area contributed by atoms with E-state index in [0.717, 1.165) is 28.4 Å². The lowest BCUT2D eigenvalue weighted by atomic mass is 10.0. The van der Waals surface area contributed by atoms with Crippen LogP contribution in [-0.2, 0) is 6.54 Å². The van der Waals surface area contributed by atoms with Crippen LogP contribution in [0.3, 0.4) is 0 Å². The van der Waals surface area contributed by atoms with E-state index in [-0.39, 0.29) is 11.6 Å². The molecule has 4 heteroatoms. The van der Waals surface area contributed by atoms with Gasteiger partial charge in [0, 0.05) is 45.7 Å². The Kier molecular flexibility index (Phi) is 3.53. The zero-order chi connectivity index (χ0) is 17.6. The molecule has 0 aliphatic carbocycles. The molecule has 0 fully saturated rings. The molecular formula is C21H18N2O2. The van der Waals surface area contributed by atoms with Crippen LogP contribution in [-0.4, -0.2) is 21.1 Å². The molecule has 4 nitrogen and oxygen atoms in total. The van der Waals surface area contributed by atoms with Crippen molar-refractivity contribution in [2.45, 2.75) is 20.4 Å². The summed E-state index contributed by atoms with van der Waals surface area (Å²) in [5.74, 6) is 0.00457. The van der Waals surface area contributed by atoms with Crippen molar-refractivity contribution in [3.63, 3.8) is 0 Å². The van der Waals surface area contributed by atoms with Crippen LogP contribution in [0.5, 0.6) is 0 Å². The third-order valence-corrected chi connectivity index (χ3v) is 4.69. The Morgan fingerprint density at radius 1 is 0.960 bits per heavy atom. The van der Waals surface area contributed by atoms with E-state index in [0.29, 0.717) is 16.8 Å². The van der Waals surface area contributed by atoms with Crippen LogP contribution in [0.25, 0.3) is 21.8 Å². The average Bonchev–Trinajstić information content (AvgIpc) is 3.26. The van der Waals surface area contributed by atoms with Gasteiger partial charge in [-0.3, -0.25) is 9.59 Å². The van der Waals surface area contributed by atoms with Crippen LogP contribution in [0.15, 0.2) is 54.7 Å². The van der Waals surface area contributed by atoms with Gasteiger partial charge in [-0.25, -0.2) is 0 Å². The number of ketones is 2. The zero-order valence-electron chi connectivity index (χ0n) is 14.2. The fraction of sp³-hybridized carbons (Fsp3) is 0.143. The van der Waals surface area contributed by atoms with E-state index >= 15 is 0 Å². The summed E-state index contributed by atoms with van der Waals surface area (Å²) in [5.41, 5.74) is 4.04. The first-order chi connectivity index (χ1) is 12.1. The van der Waals surface area contributed by atoms with E-state index in [1.807, 2.05) is 42.5 Å². The highest BCUT2D eigenvalue weighted by atomic mass is 16.1. The summed E-state index contributed by atoms with van der Waals surface area (Å²) in [6.07, 6.45) is 1.74. The van der Waals surface area contributed by atoms with Crippen molar-refractivity contribution in [2.24, 2.45) is 0 Å². The van der Waals surface area contributed by atoms with Gasteiger partial charge in [0.15, 0.2) is 5.78 Å². The number of aromatic nitrogens is 2. The van der Waals surface area contributed by atoms with Gasteiger partial charge in [-0.2, -0.15) is 0 Å². The monoisotopic (exact) mass is 330 g/mol. The lowest BCUT2D eigenvalue weighted by Gasteiger charge is -2.04. The summed E-state index contributed by atoms with van der Waals surface area (Å²) in [6.45, 7) is 4.49. The minimum Gasteiger partial charge on any atom is -0.359 e. The summed E-state index contributed by atoms with van der Waals surface area (Å²) in [5, 5.41) is 2.00. The Labute approximate surface area is 145 Å². The Bertz CT molecular complexity index is 1120. The number of hydrogen-bond acceptors (Lipinski definition) is 2. The van der Waals surface area contributed by atoms with Gasteiger partial charge in [-0.05, 0) is 62.4 Å². The molecule has 4 aromatic rings. The van der Waals surface area contributed by atoms with Crippen molar-refractivity contribution in [1.29, 1.82) is 0 Å². The topological polar surface area (TPSA) is 54.9 Å². The van der Waals surface area contributed by atoms with E-state index in [1.165, 1.54) is 0 Å². The molecule has 25 heavy (non-hydrogen) atoms. The molecule has 0 saturated carbocycles. The Morgan fingerprint density at radius 3 is 2.16 bits per heavy atom. The molecule has 0 unspecified atom stereocenters. The maximum atomic E-state index is 12.6. The molecule has 0 saturated heterocycles. The van der Waals surface area contributed by atoms with Crippen LogP contribution in [0, 0.1) is 0 Å². The molecule has 1 N–H and O–H groups in total. The molecule has 4 rings (SSSR count). The third kappa shape index (κ3) is 2.38. The lowest BCUT2D eigenvalue weighted by molar-refractivity contribution is 0.101. The summed E-state index contributed by atoms with van der Waals surface area (Å²) < 4.78 is 2.21. The van der Waals surface area contributed by atoms with E-state index in [4.69, 9.17) is 0 Å². The number of carbonyl (C=O) groups is 2. The van der Waals surface area contributed by atoms with Crippen LogP contribution in [0.2, 0.25) is 0 Å². The van der Waals surface area contributed by atoms with Crippen LogP contribution in [0.1, 0.15) is 40.3 Å². The first-order valence-corrected chi connectivity index (χ1v) is 8.35. The van der Waals surface area contributed by atoms with Crippen molar-refractivity contribution < 1.29 is 9.59 Å². The number of Topliss-reactive ketones (excluding diaryl/α,β-unsaturated/α-hetero) is 1. The van der Waals surface area contributed by atoms with Gasteiger partial charge >= 0.3 is 0 Å².